The van der Waals surface area contributed by atoms with E-state index in [-0.39, 0.29) is 38.4 Å². The Hall–Kier alpha value is -0.918. The summed E-state index contributed by atoms with van der Waals surface area (Å²) in [6.45, 7) is 0. The van der Waals surface area contributed by atoms with Crippen molar-refractivity contribution in [2.24, 2.45) is 0 Å². The molecule has 4 nitrogen and oxygen atoms in total. The molecule has 0 unspecified atom stereocenters. The first-order chi connectivity index (χ1) is 5.61. The van der Waals surface area contributed by atoms with Crippen LogP contribution in [0.4, 0.5) is 0 Å². The van der Waals surface area contributed by atoms with E-state index in [9.17, 15) is 19.8 Å². The number of aromatic carboxylic acids is 2. The van der Waals surface area contributed by atoms with Gasteiger partial charge in [0.05, 0.1) is 11.9 Å². The molecule has 0 N–H and O–H groups in total. The summed E-state index contributed by atoms with van der Waals surface area (Å²) in [5.74, 6) is -2.81. The van der Waals surface area contributed by atoms with E-state index in [0.717, 1.165) is 6.07 Å². The maximum absolute atomic E-state index is 10.3. The minimum absolute atomic E-state index is 0. The Morgan fingerprint density at radius 3 is 1.69 bits per heavy atom. The molecule has 1 aromatic rings. The molecular formula is C8H4O4Pb-2. The van der Waals surface area contributed by atoms with Gasteiger partial charge in [-0.1, -0.05) is 18.2 Å². The molecule has 4 radical (unpaired) electrons. The van der Waals surface area contributed by atoms with Crippen LogP contribution in [0, 0.1) is 0 Å². The van der Waals surface area contributed by atoms with E-state index in [4.69, 9.17) is 0 Å². The second kappa shape index (κ2) is 4.95. The zero-order valence-electron chi connectivity index (χ0n) is 6.44. The van der Waals surface area contributed by atoms with E-state index < -0.39 is 11.9 Å². The molecule has 0 heterocycles. The monoisotopic (exact) mass is 372 g/mol. The Balaban J connectivity index is 0.00000144. The fourth-order valence-electron chi connectivity index (χ4n) is 0.773. The number of carbonyl (C=O) groups excluding carboxylic acids is 2. The van der Waals surface area contributed by atoms with Gasteiger partial charge in [-0.15, -0.1) is 0 Å². The first-order valence-corrected chi connectivity index (χ1v) is 3.14. The second-order valence-corrected chi connectivity index (χ2v) is 2.16. The largest absolute Gasteiger partial charge is 0.545 e. The topological polar surface area (TPSA) is 80.3 Å². The van der Waals surface area contributed by atoms with Crippen molar-refractivity contribution in [1.82, 2.24) is 0 Å². The van der Waals surface area contributed by atoms with Crippen molar-refractivity contribution in [3.63, 3.8) is 0 Å². The molecule has 0 bridgehead atoms. The predicted octanol–water partition coefficient (Wildman–Crippen LogP) is -1.97. The van der Waals surface area contributed by atoms with E-state index in [2.05, 4.69) is 0 Å². The zero-order chi connectivity index (χ0) is 9.14. The fraction of sp³-hybridized carbons (Fsp3) is 0. The molecule has 1 aromatic carbocycles. The number of hydrogen-bond acceptors (Lipinski definition) is 4. The minimum Gasteiger partial charge on any atom is -0.545 e. The number of carbonyl (C=O) groups is 2. The second-order valence-electron chi connectivity index (χ2n) is 2.16. The van der Waals surface area contributed by atoms with Crippen LogP contribution in [0.15, 0.2) is 24.3 Å². The Morgan fingerprint density at radius 2 is 1.38 bits per heavy atom. The van der Waals surface area contributed by atoms with Crippen LogP contribution < -0.4 is 10.2 Å². The SMILES string of the molecule is O=C([O-])c1cccc(C(=O)[O-])c1.[Pb]. The van der Waals surface area contributed by atoms with Crippen molar-refractivity contribution in [3.05, 3.63) is 35.4 Å². The summed E-state index contributed by atoms with van der Waals surface area (Å²) in [5.41, 5.74) is -0.339. The van der Waals surface area contributed by atoms with Crippen LogP contribution in [0.3, 0.4) is 0 Å². The maximum atomic E-state index is 10.3. The Morgan fingerprint density at radius 1 is 1.00 bits per heavy atom. The number of hydrogen-bond donors (Lipinski definition) is 0. The number of carboxylic acids is 2. The molecule has 0 atom stereocenters. The number of rotatable bonds is 2. The van der Waals surface area contributed by atoms with E-state index in [1.165, 1.54) is 18.2 Å². The molecule has 5 heteroatoms. The van der Waals surface area contributed by atoms with Crippen molar-refractivity contribution in [2.45, 2.75) is 0 Å². The van der Waals surface area contributed by atoms with Gasteiger partial charge in [0.15, 0.2) is 0 Å². The van der Waals surface area contributed by atoms with Gasteiger partial charge in [-0.25, -0.2) is 0 Å². The van der Waals surface area contributed by atoms with E-state index in [1.807, 2.05) is 0 Å². The molecule has 0 fully saturated rings. The molecule has 0 aliphatic rings. The Labute approximate surface area is 94.4 Å². The third kappa shape index (κ3) is 3.13. The summed E-state index contributed by atoms with van der Waals surface area (Å²) in [6, 6.07) is 4.81. The van der Waals surface area contributed by atoms with Gasteiger partial charge >= 0.3 is 0 Å². The van der Waals surface area contributed by atoms with Gasteiger partial charge in [0.1, 0.15) is 0 Å². The van der Waals surface area contributed by atoms with Crippen molar-refractivity contribution in [3.8, 4) is 0 Å². The van der Waals surface area contributed by atoms with Gasteiger partial charge in [-0.2, -0.15) is 0 Å². The van der Waals surface area contributed by atoms with Gasteiger partial charge in [-0.05, 0) is 17.2 Å². The summed E-state index contributed by atoms with van der Waals surface area (Å²) >= 11 is 0. The number of benzene rings is 1. The molecule has 0 saturated carbocycles. The van der Waals surface area contributed by atoms with Gasteiger partial charge in [0, 0.05) is 27.3 Å². The summed E-state index contributed by atoms with van der Waals surface area (Å²) < 4.78 is 0. The smallest absolute Gasteiger partial charge is 0.0715 e. The van der Waals surface area contributed by atoms with Crippen LogP contribution in [-0.2, 0) is 0 Å². The molecule has 66 valence electrons. The summed E-state index contributed by atoms with van der Waals surface area (Å²) in [5, 5.41) is 20.5. The Kier molecular flexibility index (Phi) is 4.60. The van der Waals surface area contributed by atoms with E-state index >= 15 is 0 Å². The summed E-state index contributed by atoms with van der Waals surface area (Å²) in [7, 11) is 0. The normalized spacial score (nSPS) is 8.62. The van der Waals surface area contributed by atoms with E-state index in [0.29, 0.717) is 0 Å². The first-order valence-electron chi connectivity index (χ1n) is 3.14. The van der Waals surface area contributed by atoms with Gasteiger partial charge in [0.25, 0.3) is 0 Å². The van der Waals surface area contributed by atoms with Crippen LogP contribution >= 0.6 is 0 Å². The third-order valence-corrected chi connectivity index (χ3v) is 1.33. The summed E-state index contributed by atoms with van der Waals surface area (Å²) in [6.07, 6.45) is 0. The first kappa shape index (κ1) is 12.1. The average molecular weight is 371 g/mol. The average Bonchev–Trinajstić information content (AvgIpc) is 2.04. The quantitative estimate of drug-likeness (QED) is 0.565. The third-order valence-electron chi connectivity index (χ3n) is 1.33. The molecule has 0 saturated heterocycles. The fourth-order valence-corrected chi connectivity index (χ4v) is 0.773. The van der Waals surface area contributed by atoms with Crippen molar-refractivity contribution < 1.29 is 19.8 Å². The molecule has 0 aliphatic carbocycles. The molecule has 0 spiro atoms. The van der Waals surface area contributed by atoms with E-state index in [1.54, 1.807) is 0 Å². The van der Waals surface area contributed by atoms with Crippen molar-refractivity contribution in [2.75, 3.05) is 0 Å². The standard InChI is InChI=1S/C8H6O4.Pb/c9-7(10)5-2-1-3-6(4-5)8(11)12;/h1-4H,(H,9,10)(H,11,12);/p-2. The van der Waals surface area contributed by atoms with Crippen LogP contribution in [0.5, 0.6) is 0 Å². The molecule has 0 amide bonds. The molecule has 0 aromatic heterocycles. The van der Waals surface area contributed by atoms with Crippen molar-refractivity contribution in [1.29, 1.82) is 0 Å². The van der Waals surface area contributed by atoms with Gasteiger partial charge in [-0.3, -0.25) is 0 Å². The molecular weight excluding hydrogens is 367 g/mol. The molecule has 0 aliphatic heterocycles. The number of carboxylic acid groups (broad SMARTS) is 2. The predicted molar refractivity (Wildman–Crippen MR) is 40.9 cm³/mol. The van der Waals surface area contributed by atoms with Crippen LogP contribution in [-0.4, -0.2) is 39.2 Å². The molecule has 1 rings (SSSR count). The van der Waals surface area contributed by atoms with Crippen molar-refractivity contribution >= 4 is 39.2 Å². The van der Waals surface area contributed by atoms with Crippen LogP contribution in [0.25, 0.3) is 0 Å². The minimum atomic E-state index is -1.40. The van der Waals surface area contributed by atoms with Gasteiger partial charge < -0.3 is 19.8 Å². The zero-order valence-corrected chi connectivity index (χ0v) is 10.3. The van der Waals surface area contributed by atoms with Crippen LogP contribution in [0.1, 0.15) is 20.7 Å². The molecule has 13 heavy (non-hydrogen) atoms. The van der Waals surface area contributed by atoms with Crippen LogP contribution in [0.2, 0.25) is 0 Å². The van der Waals surface area contributed by atoms with Gasteiger partial charge in [0.2, 0.25) is 0 Å². The Bertz CT molecular complexity index is 305. The summed E-state index contributed by atoms with van der Waals surface area (Å²) in [4.78, 5) is 20.5. The maximum Gasteiger partial charge on any atom is 0.0715 e.